The summed E-state index contributed by atoms with van der Waals surface area (Å²) in [6, 6.07) is 0. The molecule has 90 valence electrons. The van der Waals surface area contributed by atoms with E-state index in [0.29, 0.717) is 0 Å². The van der Waals surface area contributed by atoms with Gasteiger partial charge in [0.05, 0.1) is 11.1 Å². The van der Waals surface area contributed by atoms with Gasteiger partial charge in [0, 0.05) is 30.5 Å². The van der Waals surface area contributed by atoms with Crippen molar-refractivity contribution >= 4 is 11.3 Å². The third-order valence-electron chi connectivity index (χ3n) is 3.05. The largest absolute Gasteiger partial charge is 0.393 e. The van der Waals surface area contributed by atoms with Crippen molar-refractivity contribution in [1.82, 2.24) is 9.88 Å². The Morgan fingerprint density at radius 3 is 3.12 bits per heavy atom. The van der Waals surface area contributed by atoms with Crippen LogP contribution in [0.3, 0.4) is 0 Å². The summed E-state index contributed by atoms with van der Waals surface area (Å²) < 4.78 is 0. The fourth-order valence-electron chi connectivity index (χ4n) is 2.27. The predicted molar refractivity (Wildman–Crippen MR) is 66.8 cm³/mol. The minimum atomic E-state index is -0.258. The Morgan fingerprint density at radius 1 is 1.69 bits per heavy atom. The van der Waals surface area contributed by atoms with Crippen molar-refractivity contribution in [2.75, 3.05) is 20.1 Å². The van der Waals surface area contributed by atoms with Crippen molar-refractivity contribution < 1.29 is 5.11 Å². The molecule has 2 unspecified atom stereocenters. The Morgan fingerprint density at radius 2 is 2.50 bits per heavy atom. The van der Waals surface area contributed by atoms with Gasteiger partial charge in [-0.25, -0.2) is 4.98 Å². The maximum atomic E-state index is 9.31. The molecule has 3 nitrogen and oxygen atoms in total. The molecule has 1 aromatic heterocycles. The number of aromatic nitrogens is 1. The minimum absolute atomic E-state index is 0.258. The highest BCUT2D eigenvalue weighted by Crippen LogP contribution is 2.23. The zero-order valence-electron chi connectivity index (χ0n) is 10.0. The highest BCUT2D eigenvalue weighted by molar-refractivity contribution is 7.11. The first-order valence-corrected chi connectivity index (χ1v) is 6.75. The van der Waals surface area contributed by atoms with Crippen LogP contribution in [0.2, 0.25) is 0 Å². The van der Waals surface area contributed by atoms with Crippen molar-refractivity contribution in [3.05, 3.63) is 16.1 Å². The molecule has 0 amide bonds. The Labute approximate surface area is 101 Å². The van der Waals surface area contributed by atoms with Crippen LogP contribution < -0.4 is 0 Å². The Kier molecular flexibility index (Phi) is 3.95. The van der Waals surface area contributed by atoms with E-state index >= 15 is 0 Å². The number of nitrogens with zero attached hydrogens (tertiary/aromatic N) is 2. The van der Waals surface area contributed by atoms with Crippen molar-refractivity contribution in [3.63, 3.8) is 0 Å². The molecule has 0 saturated carbocycles. The predicted octanol–water partition coefficient (Wildman–Crippen LogP) is 1.56. The van der Waals surface area contributed by atoms with E-state index in [1.165, 1.54) is 29.4 Å². The second-order valence-corrected chi connectivity index (χ2v) is 6.09. The topological polar surface area (TPSA) is 36.4 Å². The lowest BCUT2D eigenvalue weighted by Crippen LogP contribution is -2.14. The second-order valence-electron chi connectivity index (χ2n) is 4.89. The monoisotopic (exact) mass is 240 g/mol. The zero-order valence-corrected chi connectivity index (χ0v) is 10.8. The normalized spacial score (nSPS) is 23.8. The summed E-state index contributed by atoms with van der Waals surface area (Å²) in [6.07, 6.45) is 4.80. The summed E-state index contributed by atoms with van der Waals surface area (Å²) in [5, 5.41) is 10.5. The molecule has 0 bridgehead atoms. The van der Waals surface area contributed by atoms with Crippen LogP contribution in [-0.2, 0) is 12.8 Å². The van der Waals surface area contributed by atoms with Gasteiger partial charge in [0.15, 0.2) is 0 Å². The molecule has 1 N–H and O–H groups in total. The Hall–Kier alpha value is -0.450. The molecule has 0 radical (unpaired) electrons. The van der Waals surface area contributed by atoms with E-state index in [0.717, 1.165) is 18.8 Å². The fourth-order valence-corrected chi connectivity index (χ4v) is 3.42. The molecule has 1 aromatic rings. The maximum absolute atomic E-state index is 9.31. The summed E-state index contributed by atoms with van der Waals surface area (Å²) >= 11 is 1.76. The molecule has 4 heteroatoms. The molecule has 1 aliphatic rings. The number of hydrogen-bond acceptors (Lipinski definition) is 4. The summed E-state index contributed by atoms with van der Waals surface area (Å²) in [5.41, 5.74) is 0. The van der Waals surface area contributed by atoms with Crippen molar-refractivity contribution in [3.8, 4) is 0 Å². The van der Waals surface area contributed by atoms with Crippen LogP contribution in [-0.4, -0.2) is 41.2 Å². The molecule has 1 aliphatic heterocycles. The summed E-state index contributed by atoms with van der Waals surface area (Å²) in [7, 11) is 2.18. The van der Waals surface area contributed by atoms with E-state index < -0.39 is 0 Å². The Bertz CT molecular complexity index is 338. The molecule has 0 aromatic carbocycles. The molecule has 0 aliphatic carbocycles. The van der Waals surface area contributed by atoms with Crippen molar-refractivity contribution in [2.45, 2.75) is 32.3 Å². The van der Waals surface area contributed by atoms with Gasteiger partial charge in [-0.05, 0) is 32.9 Å². The van der Waals surface area contributed by atoms with Crippen molar-refractivity contribution in [1.29, 1.82) is 0 Å². The minimum Gasteiger partial charge on any atom is -0.393 e. The summed E-state index contributed by atoms with van der Waals surface area (Å²) in [5.74, 6) is 0.774. The fraction of sp³-hybridized carbons (Fsp3) is 0.750. The first-order valence-electron chi connectivity index (χ1n) is 5.93. The number of likely N-dealkylation sites (tertiary alicyclic amines) is 1. The molecule has 16 heavy (non-hydrogen) atoms. The smallest absolute Gasteiger partial charge is 0.0930 e. The highest BCUT2D eigenvalue weighted by Gasteiger charge is 2.20. The molecule has 1 saturated heterocycles. The van der Waals surface area contributed by atoms with Gasteiger partial charge < -0.3 is 10.0 Å². The lowest BCUT2D eigenvalue weighted by Gasteiger charge is -2.07. The Balaban J connectivity index is 1.87. The summed E-state index contributed by atoms with van der Waals surface area (Å²) in [4.78, 5) is 8.04. The van der Waals surface area contributed by atoms with Crippen LogP contribution in [0.1, 0.15) is 23.2 Å². The third-order valence-corrected chi connectivity index (χ3v) is 4.09. The number of aliphatic hydroxyl groups excluding tert-OH is 1. The molecular formula is C12H20N2OS. The first kappa shape index (κ1) is 12.0. The number of hydrogen-bond donors (Lipinski definition) is 1. The van der Waals surface area contributed by atoms with Gasteiger partial charge in [0.25, 0.3) is 0 Å². The highest BCUT2D eigenvalue weighted by atomic mass is 32.1. The van der Waals surface area contributed by atoms with Gasteiger partial charge >= 0.3 is 0 Å². The van der Waals surface area contributed by atoms with Crippen LogP contribution in [0, 0.1) is 5.92 Å². The molecule has 1 fully saturated rings. The SMILES string of the molecule is CC(O)Cc1cnc(CC2CCN(C)C2)s1. The van der Waals surface area contributed by atoms with Crippen molar-refractivity contribution in [2.24, 2.45) is 5.92 Å². The lowest BCUT2D eigenvalue weighted by molar-refractivity contribution is 0.196. The zero-order chi connectivity index (χ0) is 11.5. The maximum Gasteiger partial charge on any atom is 0.0930 e. The van der Waals surface area contributed by atoms with E-state index in [9.17, 15) is 5.11 Å². The summed E-state index contributed by atoms with van der Waals surface area (Å²) in [6.45, 7) is 4.24. The van der Waals surface area contributed by atoms with E-state index in [-0.39, 0.29) is 6.10 Å². The number of rotatable bonds is 4. The number of thiazole rings is 1. The van der Waals surface area contributed by atoms with Gasteiger partial charge in [-0.3, -0.25) is 0 Å². The van der Waals surface area contributed by atoms with E-state index in [1.54, 1.807) is 11.3 Å². The van der Waals surface area contributed by atoms with Crippen LogP contribution in [0.25, 0.3) is 0 Å². The quantitative estimate of drug-likeness (QED) is 0.867. The van der Waals surface area contributed by atoms with Gasteiger partial charge in [0.1, 0.15) is 0 Å². The van der Waals surface area contributed by atoms with E-state index in [2.05, 4.69) is 16.9 Å². The van der Waals surface area contributed by atoms with Crippen LogP contribution in [0.5, 0.6) is 0 Å². The standard InChI is InChI=1S/C12H20N2OS/c1-9(15)5-11-7-13-12(16-11)6-10-3-4-14(2)8-10/h7,9-10,15H,3-6,8H2,1-2H3. The second kappa shape index (κ2) is 5.25. The van der Waals surface area contributed by atoms with Gasteiger partial charge in [0.2, 0.25) is 0 Å². The van der Waals surface area contributed by atoms with Crippen LogP contribution >= 0.6 is 11.3 Å². The first-order chi connectivity index (χ1) is 7.63. The van der Waals surface area contributed by atoms with Gasteiger partial charge in [-0.2, -0.15) is 0 Å². The average Bonchev–Trinajstić information content (AvgIpc) is 2.76. The molecule has 2 heterocycles. The van der Waals surface area contributed by atoms with Gasteiger partial charge in [-0.15, -0.1) is 11.3 Å². The van der Waals surface area contributed by atoms with E-state index in [1.807, 2.05) is 13.1 Å². The van der Waals surface area contributed by atoms with Gasteiger partial charge in [-0.1, -0.05) is 0 Å². The third kappa shape index (κ3) is 3.27. The lowest BCUT2D eigenvalue weighted by atomic mass is 10.1. The van der Waals surface area contributed by atoms with E-state index in [4.69, 9.17) is 0 Å². The molecule has 0 spiro atoms. The van der Waals surface area contributed by atoms with Crippen LogP contribution in [0.15, 0.2) is 6.20 Å². The molecule has 2 rings (SSSR count). The molecular weight excluding hydrogens is 220 g/mol. The average molecular weight is 240 g/mol. The van der Waals surface area contributed by atoms with Crippen LogP contribution in [0.4, 0.5) is 0 Å². The number of aliphatic hydroxyl groups is 1. The molecule has 2 atom stereocenters.